The molecule has 0 aliphatic carbocycles. The molecule has 0 fully saturated rings. The Balaban J connectivity index is -0.0000000793. The van der Waals surface area contributed by atoms with Crippen molar-refractivity contribution >= 4 is 5.97 Å². The van der Waals surface area contributed by atoms with Crippen molar-refractivity contribution < 1.29 is 41.0 Å². The first kappa shape index (κ1) is 24.8. The monoisotopic (exact) mass is 448 g/mol. The van der Waals surface area contributed by atoms with E-state index in [1.54, 1.807) is 6.92 Å². The van der Waals surface area contributed by atoms with Gasteiger partial charge in [0.15, 0.2) is 0 Å². The number of rotatable bonds is 1. The number of aliphatic carboxylic acids is 1. The van der Waals surface area contributed by atoms with Crippen LogP contribution in [0.15, 0.2) is 30.3 Å². The van der Waals surface area contributed by atoms with Crippen LogP contribution in [0, 0.1) is 45.5 Å². The number of hydrogen-bond acceptors (Lipinski definition) is 1. The molecule has 0 bridgehead atoms. The van der Waals surface area contributed by atoms with Gasteiger partial charge in [0.25, 0.3) is 5.97 Å². The third-order valence-electron chi connectivity index (χ3n) is 1.25. The van der Waals surface area contributed by atoms with Crippen LogP contribution in [0.3, 0.4) is 0 Å². The van der Waals surface area contributed by atoms with Crippen LogP contribution in [0.25, 0.3) is 0 Å². The number of carboxylic acids is 1. The van der Waals surface area contributed by atoms with Gasteiger partial charge in [0, 0.05) is 6.92 Å². The third kappa shape index (κ3) is 23.5. The van der Waals surface area contributed by atoms with Crippen LogP contribution >= 0.6 is 0 Å². The van der Waals surface area contributed by atoms with E-state index in [0.29, 0.717) is 0 Å². The van der Waals surface area contributed by atoms with E-state index < -0.39 is 5.97 Å². The average Bonchev–Trinajstić information content (AvgIpc) is 2.21. The molecule has 2 nitrogen and oxygen atoms in total. The molecule has 1 aromatic carbocycles. The molecule has 0 radical (unpaired) electrons. The van der Waals surface area contributed by atoms with Gasteiger partial charge in [0.05, 0.1) is 0 Å². The van der Waals surface area contributed by atoms with Crippen LogP contribution in [0.4, 0.5) is 0 Å². The summed E-state index contributed by atoms with van der Waals surface area (Å²) in [7, 11) is 0. The molecule has 16 heavy (non-hydrogen) atoms. The van der Waals surface area contributed by atoms with Gasteiger partial charge in [-0.15, -0.1) is 0 Å². The van der Waals surface area contributed by atoms with Gasteiger partial charge in [0.2, 0.25) is 0 Å². The molecule has 0 saturated heterocycles. The van der Waals surface area contributed by atoms with Crippen LogP contribution in [0.2, 0.25) is 0 Å². The quantitative estimate of drug-likeness (QED) is 0.667. The van der Waals surface area contributed by atoms with E-state index in [4.69, 9.17) is 9.90 Å². The standard InChI is InChI=1S/C8H10.C2H4O2.C2H5.CH3.U/c1-2-8-6-4-3-5-7-8;1-2(3)4;1-2;;/h3-7H,2H2,1H3;1H3,(H,3,4);1H2,2H3;1H3;/q;;2*-1;+2. The van der Waals surface area contributed by atoms with Gasteiger partial charge in [-0.3, -0.25) is 4.79 Å². The minimum Gasteiger partial charge on any atom is -0.481 e. The van der Waals surface area contributed by atoms with Crippen molar-refractivity contribution in [3.05, 3.63) is 50.2 Å². The van der Waals surface area contributed by atoms with E-state index in [-0.39, 0.29) is 38.5 Å². The molecule has 0 aliphatic heterocycles. The Kier molecular flexibility index (Phi) is 31.3. The normalized spacial score (nSPS) is 6.50. The minimum atomic E-state index is -0.833. The Hall–Kier alpha value is -0.258. The number of benzene rings is 1. The van der Waals surface area contributed by atoms with Crippen LogP contribution in [-0.4, -0.2) is 11.1 Å². The van der Waals surface area contributed by atoms with E-state index in [1.807, 2.05) is 6.07 Å². The van der Waals surface area contributed by atoms with Gasteiger partial charge >= 0.3 is 31.1 Å². The second-order valence-corrected chi connectivity index (χ2v) is 2.36. The molecule has 1 aromatic rings. The van der Waals surface area contributed by atoms with E-state index in [0.717, 1.165) is 13.3 Å². The van der Waals surface area contributed by atoms with Crippen molar-refractivity contribution in [2.75, 3.05) is 0 Å². The maximum absolute atomic E-state index is 9.00. The van der Waals surface area contributed by atoms with Crippen molar-refractivity contribution in [1.82, 2.24) is 0 Å². The molecule has 0 saturated carbocycles. The number of hydrogen-bond donors (Lipinski definition) is 1. The van der Waals surface area contributed by atoms with E-state index in [2.05, 4.69) is 38.1 Å². The molecule has 0 unspecified atom stereocenters. The van der Waals surface area contributed by atoms with E-state index in [1.165, 1.54) is 5.56 Å². The summed E-state index contributed by atoms with van der Waals surface area (Å²) in [5, 5.41) is 7.42. The summed E-state index contributed by atoms with van der Waals surface area (Å²) in [6, 6.07) is 10.5. The molecular weight excluding hydrogens is 426 g/mol. The largest absolute Gasteiger partial charge is 2.00 e. The van der Waals surface area contributed by atoms with Crippen molar-refractivity contribution in [3.63, 3.8) is 0 Å². The summed E-state index contributed by atoms with van der Waals surface area (Å²) in [4.78, 5) is 9.00. The summed E-state index contributed by atoms with van der Waals surface area (Å²) < 4.78 is 0. The molecule has 0 aliphatic rings. The molecule has 0 heterocycles. The van der Waals surface area contributed by atoms with E-state index in [9.17, 15) is 0 Å². The van der Waals surface area contributed by atoms with Crippen molar-refractivity contribution in [1.29, 1.82) is 0 Å². The molecule has 3 heteroatoms. The second-order valence-electron chi connectivity index (χ2n) is 2.36. The summed E-state index contributed by atoms with van der Waals surface area (Å²) in [6.45, 7) is 8.25. The van der Waals surface area contributed by atoms with Gasteiger partial charge in [-0.25, -0.2) is 0 Å². The Labute approximate surface area is 124 Å². The fourth-order valence-electron chi connectivity index (χ4n) is 0.714. The summed E-state index contributed by atoms with van der Waals surface area (Å²) >= 11 is 0. The summed E-state index contributed by atoms with van der Waals surface area (Å²) in [5.74, 6) is -0.833. The molecule has 1 N–H and O–H groups in total. The molecular formula is C13H22O2U. The molecule has 0 aromatic heterocycles. The first-order valence-electron chi connectivity index (χ1n) is 4.61. The van der Waals surface area contributed by atoms with Crippen molar-refractivity contribution in [2.24, 2.45) is 0 Å². The Morgan fingerprint density at radius 1 is 1.25 bits per heavy atom. The molecule has 90 valence electrons. The predicted octanol–water partition coefficient (Wildman–Crippen LogP) is 3.63. The van der Waals surface area contributed by atoms with Crippen LogP contribution in [0.5, 0.6) is 0 Å². The smallest absolute Gasteiger partial charge is 0.481 e. The Morgan fingerprint density at radius 2 is 1.56 bits per heavy atom. The molecule has 0 atom stereocenters. The van der Waals surface area contributed by atoms with Gasteiger partial charge < -0.3 is 19.5 Å². The van der Waals surface area contributed by atoms with Crippen molar-refractivity contribution in [2.45, 2.75) is 27.2 Å². The Bertz CT molecular complexity index is 219. The van der Waals surface area contributed by atoms with Gasteiger partial charge in [-0.1, -0.05) is 37.3 Å². The van der Waals surface area contributed by atoms with Gasteiger partial charge in [0.1, 0.15) is 0 Å². The minimum absolute atomic E-state index is 0. The van der Waals surface area contributed by atoms with Crippen LogP contribution < -0.4 is 0 Å². The zero-order valence-electron chi connectivity index (χ0n) is 10.7. The fraction of sp³-hybridized carbons (Fsp3) is 0.308. The number of carboxylic acid groups (broad SMARTS) is 1. The predicted molar refractivity (Wildman–Crippen MR) is 66.6 cm³/mol. The average molecular weight is 448 g/mol. The van der Waals surface area contributed by atoms with Crippen molar-refractivity contribution in [3.8, 4) is 0 Å². The molecule has 1 rings (SSSR count). The first-order chi connectivity index (χ1) is 6.66. The zero-order chi connectivity index (χ0) is 11.4. The third-order valence-corrected chi connectivity index (χ3v) is 1.25. The zero-order valence-corrected chi connectivity index (χ0v) is 14.8. The first-order valence-corrected chi connectivity index (χ1v) is 4.61. The maximum atomic E-state index is 9.00. The Morgan fingerprint density at radius 3 is 1.75 bits per heavy atom. The van der Waals surface area contributed by atoms with Gasteiger partial charge in [-0.05, 0) is 12.0 Å². The molecule has 0 spiro atoms. The topological polar surface area (TPSA) is 37.3 Å². The molecule has 0 amide bonds. The van der Waals surface area contributed by atoms with Gasteiger partial charge in [-0.2, -0.15) is 6.92 Å². The van der Waals surface area contributed by atoms with Crippen LogP contribution in [0.1, 0.15) is 26.3 Å². The SMILES string of the molecule is CC(=O)O.CCc1ccccc1.[CH2-]C.[CH3-].[U+2]. The van der Waals surface area contributed by atoms with Crippen LogP contribution in [-0.2, 0) is 11.2 Å². The summed E-state index contributed by atoms with van der Waals surface area (Å²) in [5.41, 5.74) is 1.41. The maximum Gasteiger partial charge on any atom is 2.00 e. The summed E-state index contributed by atoms with van der Waals surface area (Å²) in [6.07, 6.45) is 1.14. The fourth-order valence-corrected chi connectivity index (χ4v) is 0.714. The number of aryl methyl sites for hydroxylation is 1. The van der Waals surface area contributed by atoms with E-state index >= 15 is 0 Å². The number of carbonyl (C=O) groups is 1. The second kappa shape index (κ2) is 20.2.